The molecule has 0 aliphatic carbocycles. The quantitative estimate of drug-likeness (QED) is 0.757. The fourth-order valence-corrected chi connectivity index (χ4v) is 2.13. The number of carbonyl (C=O) groups excluding carboxylic acids is 1. The molecule has 2 unspecified atom stereocenters. The molecule has 0 saturated heterocycles. The maximum atomic E-state index is 10.8. The molecule has 2 atom stereocenters. The molecule has 0 heterocycles. The summed E-state index contributed by atoms with van der Waals surface area (Å²) in [6.07, 6.45) is -1.16. The molecule has 4 heteroatoms. The molecule has 0 aromatic heterocycles. The van der Waals surface area contributed by atoms with Crippen molar-refractivity contribution in [2.45, 2.75) is 19.1 Å². The molecule has 4 N–H and O–H groups in total. The van der Waals surface area contributed by atoms with Gasteiger partial charge >= 0.3 is 0 Å². The Hall–Kier alpha value is -1.91. The summed E-state index contributed by atoms with van der Waals surface area (Å²) >= 11 is 0. The van der Waals surface area contributed by atoms with E-state index in [0.29, 0.717) is 0 Å². The van der Waals surface area contributed by atoms with Gasteiger partial charge in [0.15, 0.2) is 0 Å². The van der Waals surface area contributed by atoms with Crippen LogP contribution < -0.4 is 11.1 Å². The second kappa shape index (κ2) is 5.82. The van der Waals surface area contributed by atoms with E-state index >= 15 is 0 Å². The number of rotatable bonds is 5. The van der Waals surface area contributed by atoms with Crippen LogP contribution in [0.5, 0.6) is 0 Å². The molecule has 2 rings (SSSR count). The number of nitrogens with one attached hydrogen (secondary N) is 1. The van der Waals surface area contributed by atoms with E-state index in [1.807, 2.05) is 31.2 Å². The average molecular weight is 258 g/mol. The summed E-state index contributed by atoms with van der Waals surface area (Å²) in [6, 6.07) is 14.2. The van der Waals surface area contributed by atoms with E-state index in [2.05, 4.69) is 23.5 Å². The molecule has 4 nitrogen and oxygen atoms in total. The zero-order chi connectivity index (χ0) is 13.8. The monoisotopic (exact) mass is 258 g/mol. The van der Waals surface area contributed by atoms with Gasteiger partial charge in [0.05, 0.1) is 0 Å². The first-order valence-corrected chi connectivity index (χ1v) is 6.28. The number of carbonyl (C=O) groups is 1. The molecule has 0 fully saturated rings. The minimum atomic E-state index is -1.16. The van der Waals surface area contributed by atoms with E-state index in [9.17, 15) is 9.90 Å². The van der Waals surface area contributed by atoms with E-state index in [0.717, 1.165) is 5.56 Å². The summed E-state index contributed by atoms with van der Waals surface area (Å²) < 4.78 is 0. The number of benzene rings is 2. The molecular weight excluding hydrogens is 240 g/mol. The zero-order valence-corrected chi connectivity index (χ0v) is 10.8. The van der Waals surface area contributed by atoms with E-state index in [1.165, 1.54) is 10.8 Å². The zero-order valence-electron chi connectivity index (χ0n) is 10.8. The lowest BCUT2D eigenvalue weighted by Gasteiger charge is -2.17. The summed E-state index contributed by atoms with van der Waals surface area (Å²) in [5.74, 6) is -0.711. The Morgan fingerprint density at radius 1 is 1.26 bits per heavy atom. The van der Waals surface area contributed by atoms with Gasteiger partial charge in [0.1, 0.15) is 6.10 Å². The summed E-state index contributed by atoms with van der Waals surface area (Å²) in [7, 11) is 0. The summed E-state index contributed by atoms with van der Waals surface area (Å²) in [4.78, 5) is 10.8. The predicted octanol–water partition coefficient (Wildman–Crippen LogP) is 1.34. The standard InChI is InChI=1S/C15H18N2O2/c1-10(17-9-14(18)15(16)19)12-8-4-6-11-5-2-3-7-13(11)12/h2-8,10,14,17-18H,9H2,1H3,(H2,16,19). The summed E-state index contributed by atoms with van der Waals surface area (Å²) in [6.45, 7) is 2.15. The number of aliphatic hydroxyl groups excluding tert-OH is 1. The lowest BCUT2D eigenvalue weighted by molar-refractivity contribution is -0.125. The van der Waals surface area contributed by atoms with Crippen molar-refractivity contribution < 1.29 is 9.90 Å². The molecule has 0 spiro atoms. The second-order valence-electron chi connectivity index (χ2n) is 4.62. The first kappa shape index (κ1) is 13.5. The number of amides is 1. The van der Waals surface area contributed by atoms with Crippen molar-refractivity contribution in [3.05, 3.63) is 48.0 Å². The van der Waals surface area contributed by atoms with Gasteiger partial charge in [-0.3, -0.25) is 4.79 Å². The van der Waals surface area contributed by atoms with Gasteiger partial charge in [0.25, 0.3) is 0 Å². The SMILES string of the molecule is CC(NCC(O)C(N)=O)c1cccc2ccccc12. The number of fused-ring (bicyclic) bond motifs is 1. The van der Waals surface area contributed by atoms with Crippen molar-refractivity contribution in [3.63, 3.8) is 0 Å². The van der Waals surface area contributed by atoms with Crippen LogP contribution in [0, 0.1) is 0 Å². The van der Waals surface area contributed by atoms with Crippen LogP contribution in [0.3, 0.4) is 0 Å². The third-order valence-corrected chi connectivity index (χ3v) is 3.24. The lowest BCUT2D eigenvalue weighted by atomic mass is 9.99. The Morgan fingerprint density at radius 2 is 1.95 bits per heavy atom. The number of hydrogen-bond acceptors (Lipinski definition) is 3. The first-order chi connectivity index (χ1) is 9.09. The Balaban J connectivity index is 2.17. The molecule has 1 amide bonds. The fraction of sp³-hybridized carbons (Fsp3) is 0.267. The molecule has 0 aliphatic rings. The molecular formula is C15H18N2O2. The fourth-order valence-electron chi connectivity index (χ4n) is 2.13. The van der Waals surface area contributed by atoms with Crippen LogP contribution in [-0.4, -0.2) is 23.7 Å². The Morgan fingerprint density at radius 3 is 2.68 bits per heavy atom. The van der Waals surface area contributed by atoms with Gasteiger partial charge in [-0.1, -0.05) is 42.5 Å². The van der Waals surface area contributed by atoms with Crippen LogP contribution in [0.4, 0.5) is 0 Å². The van der Waals surface area contributed by atoms with Crippen molar-refractivity contribution in [2.24, 2.45) is 5.73 Å². The van der Waals surface area contributed by atoms with Gasteiger partial charge in [-0.2, -0.15) is 0 Å². The topological polar surface area (TPSA) is 75.3 Å². The molecule has 0 radical (unpaired) electrons. The number of hydrogen-bond donors (Lipinski definition) is 3. The van der Waals surface area contributed by atoms with Crippen molar-refractivity contribution in [1.29, 1.82) is 0 Å². The molecule has 0 aliphatic heterocycles. The molecule has 0 bridgehead atoms. The minimum absolute atomic E-state index is 0.0279. The number of nitrogens with two attached hydrogens (primary N) is 1. The van der Waals surface area contributed by atoms with Gasteiger partial charge in [-0.05, 0) is 23.3 Å². The van der Waals surface area contributed by atoms with E-state index < -0.39 is 12.0 Å². The normalized spacial score (nSPS) is 14.2. The average Bonchev–Trinajstić information content (AvgIpc) is 2.43. The summed E-state index contributed by atoms with van der Waals surface area (Å²) in [5, 5.41) is 14.9. The van der Waals surface area contributed by atoms with Crippen molar-refractivity contribution in [2.75, 3.05) is 6.54 Å². The van der Waals surface area contributed by atoms with Crippen molar-refractivity contribution >= 4 is 16.7 Å². The maximum Gasteiger partial charge on any atom is 0.247 e. The third-order valence-electron chi connectivity index (χ3n) is 3.24. The van der Waals surface area contributed by atoms with Crippen molar-refractivity contribution in [1.82, 2.24) is 5.32 Å². The Bertz CT molecular complexity index is 578. The largest absolute Gasteiger partial charge is 0.382 e. The van der Waals surface area contributed by atoms with E-state index in [-0.39, 0.29) is 12.6 Å². The molecule has 100 valence electrons. The summed E-state index contributed by atoms with van der Waals surface area (Å²) in [5.41, 5.74) is 6.16. The van der Waals surface area contributed by atoms with Gasteiger partial charge in [0.2, 0.25) is 5.91 Å². The number of aliphatic hydroxyl groups is 1. The first-order valence-electron chi connectivity index (χ1n) is 6.28. The second-order valence-corrected chi connectivity index (χ2v) is 4.62. The minimum Gasteiger partial charge on any atom is -0.382 e. The third kappa shape index (κ3) is 3.10. The van der Waals surface area contributed by atoms with Crippen LogP contribution >= 0.6 is 0 Å². The van der Waals surface area contributed by atoms with E-state index in [1.54, 1.807) is 0 Å². The van der Waals surface area contributed by atoms with Crippen LogP contribution in [0.15, 0.2) is 42.5 Å². The number of primary amides is 1. The van der Waals surface area contributed by atoms with Gasteiger partial charge < -0.3 is 16.2 Å². The molecule has 2 aromatic rings. The van der Waals surface area contributed by atoms with Crippen molar-refractivity contribution in [3.8, 4) is 0 Å². The maximum absolute atomic E-state index is 10.8. The van der Waals surface area contributed by atoms with E-state index in [4.69, 9.17) is 5.73 Å². The Labute approximate surface area is 112 Å². The van der Waals surface area contributed by atoms with Crippen LogP contribution in [-0.2, 0) is 4.79 Å². The Kier molecular flexibility index (Phi) is 4.14. The van der Waals surface area contributed by atoms with Gasteiger partial charge in [-0.25, -0.2) is 0 Å². The van der Waals surface area contributed by atoms with Crippen LogP contribution in [0.1, 0.15) is 18.5 Å². The highest BCUT2D eigenvalue weighted by atomic mass is 16.3. The molecule has 19 heavy (non-hydrogen) atoms. The highest BCUT2D eigenvalue weighted by Gasteiger charge is 2.14. The highest BCUT2D eigenvalue weighted by Crippen LogP contribution is 2.23. The van der Waals surface area contributed by atoms with Crippen LogP contribution in [0.2, 0.25) is 0 Å². The highest BCUT2D eigenvalue weighted by molar-refractivity contribution is 5.86. The lowest BCUT2D eigenvalue weighted by Crippen LogP contribution is -2.38. The van der Waals surface area contributed by atoms with Gasteiger partial charge in [-0.15, -0.1) is 0 Å². The molecule has 0 saturated carbocycles. The van der Waals surface area contributed by atoms with Gasteiger partial charge in [0, 0.05) is 12.6 Å². The molecule has 2 aromatic carbocycles. The van der Waals surface area contributed by atoms with Crippen LogP contribution in [0.25, 0.3) is 10.8 Å². The smallest absolute Gasteiger partial charge is 0.247 e. The predicted molar refractivity (Wildman–Crippen MR) is 75.6 cm³/mol.